The summed E-state index contributed by atoms with van der Waals surface area (Å²) in [5.74, 6) is -2.28. The minimum atomic E-state index is -0.689. The second kappa shape index (κ2) is 6.83. The lowest BCUT2D eigenvalue weighted by Gasteiger charge is -2.26. The molecule has 0 heterocycles. The summed E-state index contributed by atoms with van der Waals surface area (Å²) >= 11 is 0. The highest BCUT2D eigenvalue weighted by Gasteiger charge is 2.20. The predicted molar refractivity (Wildman–Crippen MR) is 95.2 cm³/mol. The highest BCUT2D eigenvalue weighted by molar-refractivity contribution is 5.77. The highest BCUT2D eigenvalue weighted by atomic mass is 19.1. The van der Waals surface area contributed by atoms with Crippen molar-refractivity contribution >= 4 is 17.1 Å². The molecule has 0 N–H and O–H groups in total. The molecule has 0 unspecified atom stereocenters. The molecule has 0 aliphatic heterocycles. The Morgan fingerprint density at radius 3 is 1.46 bits per heavy atom. The van der Waals surface area contributed by atoms with Crippen molar-refractivity contribution in [3.8, 4) is 0 Å². The zero-order valence-electron chi connectivity index (χ0n) is 14.6. The minimum Gasteiger partial charge on any atom is -0.307 e. The third-order valence-corrected chi connectivity index (χ3v) is 4.30. The van der Waals surface area contributed by atoms with Gasteiger partial charge in [0, 0.05) is 17.4 Å². The minimum absolute atomic E-state index is 0.125. The summed E-state index contributed by atoms with van der Waals surface area (Å²) in [7, 11) is 0. The second-order valence-corrected chi connectivity index (χ2v) is 6.26. The average Bonchev–Trinajstić information content (AvgIpc) is 2.59. The molecule has 3 aromatic carbocycles. The average molecular weight is 359 g/mol. The molecule has 0 atom stereocenters. The molecule has 1 nitrogen and oxygen atoms in total. The van der Waals surface area contributed by atoms with Crippen LogP contribution in [0.4, 0.5) is 34.6 Å². The van der Waals surface area contributed by atoms with Crippen LogP contribution < -0.4 is 4.90 Å². The summed E-state index contributed by atoms with van der Waals surface area (Å²) in [6.45, 7) is 4.64. The van der Waals surface area contributed by atoms with Crippen LogP contribution in [-0.4, -0.2) is 0 Å². The van der Waals surface area contributed by atoms with Crippen molar-refractivity contribution in [3.05, 3.63) is 88.5 Å². The molecule has 5 heteroatoms. The van der Waals surface area contributed by atoms with Gasteiger partial charge in [0.05, 0.1) is 5.69 Å². The van der Waals surface area contributed by atoms with Crippen LogP contribution in [0.3, 0.4) is 0 Å². The zero-order chi connectivity index (χ0) is 19.0. The summed E-state index contributed by atoms with van der Waals surface area (Å²) in [5.41, 5.74) is 1.38. The Kier molecular flexibility index (Phi) is 4.72. The van der Waals surface area contributed by atoms with Crippen LogP contribution >= 0.6 is 0 Å². The van der Waals surface area contributed by atoms with Gasteiger partial charge in [-0.2, -0.15) is 0 Å². The summed E-state index contributed by atoms with van der Waals surface area (Å²) in [4.78, 5) is 1.29. The van der Waals surface area contributed by atoms with Gasteiger partial charge in [-0.3, -0.25) is 0 Å². The van der Waals surface area contributed by atoms with Crippen molar-refractivity contribution < 1.29 is 17.6 Å². The molecule has 0 saturated heterocycles. The number of rotatable bonds is 3. The Morgan fingerprint density at radius 1 is 0.538 bits per heavy atom. The fourth-order valence-electron chi connectivity index (χ4n) is 2.68. The van der Waals surface area contributed by atoms with Crippen LogP contribution in [0.2, 0.25) is 0 Å². The van der Waals surface area contributed by atoms with E-state index in [1.165, 1.54) is 36.1 Å². The lowest BCUT2D eigenvalue weighted by atomic mass is 10.1. The first kappa shape index (κ1) is 18.0. The Bertz CT molecular complexity index is 930. The lowest BCUT2D eigenvalue weighted by molar-refractivity contribution is 0.593. The summed E-state index contributed by atoms with van der Waals surface area (Å²) < 4.78 is 56.9. The van der Waals surface area contributed by atoms with Gasteiger partial charge in [0.15, 0.2) is 0 Å². The fourth-order valence-corrected chi connectivity index (χ4v) is 2.68. The van der Waals surface area contributed by atoms with Crippen LogP contribution in [0.25, 0.3) is 0 Å². The van der Waals surface area contributed by atoms with Crippen LogP contribution in [0.1, 0.15) is 16.7 Å². The Balaban J connectivity index is 2.26. The van der Waals surface area contributed by atoms with E-state index in [1.54, 1.807) is 26.0 Å². The van der Waals surface area contributed by atoms with E-state index in [4.69, 9.17) is 0 Å². The maximum atomic E-state index is 14.6. The smallest absolute Gasteiger partial charge is 0.147 e. The molecule has 0 aliphatic carbocycles. The van der Waals surface area contributed by atoms with Gasteiger partial charge in [0.2, 0.25) is 0 Å². The van der Waals surface area contributed by atoms with Crippen molar-refractivity contribution in [1.29, 1.82) is 0 Å². The number of halogens is 4. The maximum Gasteiger partial charge on any atom is 0.147 e. The Morgan fingerprint density at radius 2 is 1.00 bits per heavy atom. The molecule has 0 aromatic heterocycles. The number of anilines is 3. The van der Waals surface area contributed by atoms with E-state index < -0.39 is 23.3 Å². The molecule has 0 fully saturated rings. The van der Waals surface area contributed by atoms with Gasteiger partial charge < -0.3 is 4.90 Å². The third kappa shape index (κ3) is 3.29. The highest BCUT2D eigenvalue weighted by Crippen LogP contribution is 2.38. The largest absolute Gasteiger partial charge is 0.307 e. The monoisotopic (exact) mass is 359 g/mol. The van der Waals surface area contributed by atoms with E-state index in [9.17, 15) is 17.6 Å². The van der Waals surface area contributed by atoms with Gasteiger partial charge in [-0.15, -0.1) is 0 Å². The lowest BCUT2D eigenvalue weighted by Crippen LogP contribution is -2.13. The fraction of sp³-hybridized carbons (Fsp3) is 0.143. The van der Waals surface area contributed by atoms with Crippen molar-refractivity contribution in [1.82, 2.24) is 0 Å². The van der Waals surface area contributed by atoms with Crippen LogP contribution in [0.5, 0.6) is 0 Å². The molecule has 0 spiro atoms. The molecule has 0 amide bonds. The standard InChI is InChI=1S/C21H17F4N/c1-12-4-6-15(9-17(12)22)26(16-7-5-13(2)18(23)10-16)21-11-19(24)14(3)8-20(21)25/h4-11H,1-3H3. The first-order valence-corrected chi connectivity index (χ1v) is 8.06. The van der Waals surface area contributed by atoms with Crippen LogP contribution in [0.15, 0.2) is 48.5 Å². The number of nitrogens with zero attached hydrogens (tertiary/aromatic N) is 1. The van der Waals surface area contributed by atoms with Gasteiger partial charge in [-0.25, -0.2) is 17.6 Å². The van der Waals surface area contributed by atoms with Crippen molar-refractivity contribution in [3.63, 3.8) is 0 Å². The molecule has 134 valence electrons. The van der Waals surface area contributed by atoms with Crippen molar-refractivity contribution in [2.45, 2.75) is 20.8 Å². The van der Waals surface area contributed by atoms with Crippen LogP contribution in [-0.2, 0) is 0 Å². The molecular formula is C21H17F4N. The van der Waals surface area contributed by atoms with Crippen molar-refractivity contribution in [2.75, 3.05) is 4.90 Å². The summed E-state index contributed by atoms with van der Waals surface area (Å²) in [5, 5.41) is 0. The van der Waals surface area contributed by atoms with E-state index in [2.05, 4.69) is 0 Å². The van der Waals surface area contributed by atoms with E-state index in [0.29, 0.717) is 11.1 Å². The van der Waals surface area contributed by atoms with Gasteiger partial charge in [0.25, 0.3) is 0 Å². The first-order valence-electron chi connectivity index (χ1n) is 8.06. The summed E-state index contributed by atoms with van der Waals surface area (Å²) in [6, 6.07) is 10.7. The molecule has 0 bridgehead atoms. The molecular weight excluding hydrogens is 342 g/mol. The SMILES string of the molecule is Cc1ccc(N(c2ccc(C)c(F)c2)c2cc(F)c(C)cc2F)cc1F. The molecule has 3 rings (SSSR count). The Hall–Kier alpha value is -2.82. The van der Waals surface area contributed by atoms with Gasteiger partial charge in [-0.05, 0) is 67.8 Å². The van der Waals surface area contributed by atoms with Gasteiger partial charge in [-0.1, -0.05) is 12.1 Å². The van der Waals surface area contributed by atoms with Gasteiger partial charge in [0.1, 0.15) is 23.3 Å². The van der Waals surface area contributed by atoms with E-state index >= 15 is 0 Å². The van der Waals surface area contributed by atoms with E-state index in [0.717, 1.165) is 12.1 Å². The number of hydrogen-bond donors (Lipinski definition) is 0. The normalized spacial score (nSPS) is 10.9. The molecule has 0 aliphatic rings. The summed E-state index contributed by atoms with van der Waals surface area (Å²) in [6.07, 6.45) is 0. The molecule has 0 saturated carbocycles. The number of benzene rings is 3. The molecule has 0 radical (unpaired) electrons. The first-order chi connectivity index (χ1) is 12.3. The molecule has 26 heavy (non-hydrogen) atoms. The topological polar surface area (TPSA) is 3.24 Å². The van der Waals surface area contributed by atoms with Gasteiger partial charge >= 0.3 is 0 Å². The number of aryl methyl sites for hydroxylation is 3. The van der Waals surface area contributed by atoms with E-state index in [-0.39, 0.29) is 22.6 Å². The second-order valence-electron chi connectivity index (χ2n) is 6.26. The zero-order valence-corrected chi connectivity index (χ0v) is 14.6. The predicted octanol–water partition coefficient (Wildman–Crippen LogP) is 6.64. The van der Waals surface area contributed by atoms with Crippen LogP contribution in [0, 0.1) is 44.0 Å². The third-order valence-electron chi connectivity index (χ3n) is 4.30. The molecule has 3 aromatic rings. The number of hydrogen-bond acceptors (Lipinski definition) is 1. The Labute approximate surface area is 149 Å². The quantitative estimate of drug-likeness (QED) is 0.474. The van der Waals surface area contributed by atoms with E-state index in [1.807, 2.05) is 0 Å². The van der Waals surface area contributed by atoms with Crippen molar-refractivity contribution in [2.24, 2.45) is 0 Å². The maximum absolute atomic E-state index is 14.6.